The predicted octanol–water partition coefficient (Wildman–Crippen LogP) is 4.85. The van der Waals surface area contributed by atoms with Crippen molar-refractivity contribution in [2.24, 2.45) is 0 Å². The average Bonchev–Trinajstić information content (AvgIpc) is 2.52. The summed E-state index contributed by atoms with van der Waals surface area (Å²) in [6.07, 6.45) is 0. The molecule has 4 heteroatoms. The van der Waals surface area contributed by atoms with E-state index in [0.29, 0.717) is 22.7 Å². The Balaban J connectivity index is 2.02. The zero-order chi connectivity index (χ0) is 14.8. The zero-order valence-corrected chi connectivity index (χ0v) is 12.6. The molecule has 0 unspecified atom stereocenters. The van der Waals surface area contributed by atoms with Crippen LogP contribution in [0.25, 0.3) is 10.8 Å². The molecule has 0 saturated carbocycles. The highest BCUT2D eigenvalue weighted by Gasteiger charge is 2.08. The van der Waals surface area contributed by atoms with E-state index in [9.17, 15) is 0 Å². The fourth-order valence-electron chi connectivity index (χ4n) is 2.12. The van der Waals surface area contributed by atoms with E-state index in [1.54, 1.807) is 18.2 Å². The summed E-state index contributed by atoms with van der Waals surface area (Å²) in [7, 11) is 0. The Hall–Kier alpha value is -2.51. The van der Waals surface area contributed by atoms with Gasteiger partial charge in [0.05, 0.1) is 10.0 Å². The van der Waals surface area contributed by atoms with Gasteiger partial charge in [0, 0.05) is 11.8 Å². The fraction of sp³-hybridized carbons (Fsp3) is 0. The molecule has 0 aliphatic heterocycles. The van der Waals surface area contributed by atoms with E-state index >= 15 is 0 Å². The topological polar surface area (TPSA) is 59.0 Å². The number of hydrogen-bond acceptors (Lipinski definition) is 3. The first kappa shape index (κ1) is 13.5. The Bertz CT molecular complexity index is 868. The second-order valence-electron chi connectivity index (χ2n) is 4.56. The third-order valence-electron chi connectivity index (χ3n) is 3.20. The van der Waals surface area contributed by atoms with E-state index in [4.69, 9.17) is 15.7 Å². The summed E-state index contributed by atoms with van der Waals surface area (Å²) in [5, 5.41) is 11.2. The monoisotopic (exact) mass is 338 g/mol. The van der Waals surface area contributed by atoms with Crippen LogP contribution >= 0.6 is 15.9 Å². The summed E-state index contributed by atoms with van der Waals surface area (Å²) in [5.41, 5.74) is 6.56. The molecule has 0 spiro atoms. The van der Waals surface area contributed by atoms with Gasteiger partial charge in [-0.2, -0.15) is 5.26 Å². The lowest BCUT2D eigenvalue weighted by Crippen LogP contribution is -1.92. The van der Waals surface area contributed by atoms with Crippen molar-refractivity contribution in [3.63, 3.8) is 0 Å². The second-order valence-corrected chi connectivity index (χ2v) is 5.35. The third kappa shape index (κ3) is 2.56. The van der Waals surface area contributed by atoms with Crippen molar-refractivity contribution in [1.82, 2.24) is 0 Å². The lowest BCUT2D eigenvalue weighted by Gasteiger charge is -2.10. The molecule has 0 bridgehead atoms. The molecule has 0 atom stereocenters. The summed E-state index contributed by atoms with van der Waals surface area (Å²) in [6, 6.07) is 19.0. The summed E-state index contributed by atoms with van der Waals surface area (Å²) in [5.74, 6) is 1.28. The van der Waals surface area contributed by atoms with Crippen LogP contribution in [0.2, 0.25) is 0 Å². The Morgan fingerprint density at radius 2 is 1.86 bits per heavy atom. The van der Waals surface area contributed by atoms with Gasteiger partial charge >= 0.3 is 0 Å². The van der Waals surface area contributed by atoms with Crippen LogP contribution in [-0.4, -0.2) is 0 Å². The molecule has 21 heavy (non-hydrogen) atoms. The molecular formula is C17H11BrN2O. The van der Waals surface area contributed by atoms with E-state index in [2.05, 4.69) is 15.9 Å². The molecular weight excluding hydrogens is 328 g/mol. The molecule has 3 aromatic carbocycles. The number of nitrogens with two attached hydrogens (primary N) is 1. The van der Waals surface area contributed by atoms with Crippen LogP contribution in [-0.2, 0) is 0 Å². The number of nitrogen functional groups attached to an aromatic ring is 1. The van der Waals surface area contributed by atoms with Crippen molar-refractivity contribution < 1.29 is 4.74 Å². The van der Waals surface area contributed by atoms with Crippen molar-refractivity contribution in [3.8, 4) is 17.6 Å². The molecule has 0 radical (unpaired) electrons. The molecule has 2 N–H and O–H groups in total. The van der Waals surface area contributed by atoms with E-state index in [0.717, 1.165) is 15.2 Å². The second kappa shape index (κ2) is 5.47. The maximum atomic E-state index is 9.01. The predicted molar refractivity (Wildman–Crippen MR) is 87.3 cm³/mol. The maximum Gasteiger partial charge on any atom is 0.142 e. The van der Waals surface area contributed by atoms with Crippen LogP contribution in [0.5, 0.6) is 11.5 Å². The summed E-state index contributed by atoms with van der Waals surface area (Å²) in [6.45, 7) is 0. The Labute approximate surface area is 130 Å². The number of anilines is 1. The van der Waals surface area contributed by atoms with Crippen molar-refractivity contribution in [2.45, 2.75) is 0 Å². The number of nitriles is 1. The molecule has 0 heterocycles. The first-order valence-corrected chi connectivity index (χ1v) is 7.13. The quantitative estimate of drug-likeness (QED) is 0.679. The molecule has 3 nitrogen and oxygen atoms in total. The molecule has 0 fully saturated rings. The molecule has 0 saturated heterocycles. The number of halogens is 1. The molecule has 102 valence electrons. The minimum Gasteiger partial charge on any atom is -0.456 e. The van der Waals surface area contributed by atoms with Crippen LogP contribution in [0.3, 0.4) is 0 Å². The number of benzene rings is 3. The van der Waals surface area contributed by atoms with Gasteiger partial charge in [0.25, 0.3) is 0 Å². The lowest BCUT2D eigenvalue weighted by atomic mass is 10.1. The third-order valence-corrected chi connectivity index (χ3v) is 4.02. The number of hydrogen-bond donors (Lipinski definition) is 1. The van der Waals surface area contributed by atoms with Crippen LogP contribution in [0.4, 0.5) is 5.69 Å². The van der Waals surface area contributed by atoms with Gasteiger partial charge in [0.15, 0.2) is 0 Å². The molecule has 0 aliphatic rings. The Morgan fingerprint density at radius 1 is 1.05 bits per heavy atom. The number of rotatable bonds is 2. The first-order valence-electron chi connectivity index (χ1n) is 6.34. The van der Waals surface area contributed by atoms with Gasteiger partial charge in [-0.1, -0.05) is 30.3 Å². The fourth-order valence-corrected chi connectivity index (χ4v) is 2.69. The molecule has 0 aromatic heterocycles. The minimum atomic E-state index is 0.407. The van der Waals surface area contributed by atoms with Crippen molar-refractivity contribution in [2.75, 3.05) is 5.73 Å². The summed E-state index contributed by atoms with van der Waals surface area (Å²) < 4.78 is 6.75. The van der Waals surface area contributed by atoms with Crippen LogP contribution < -0.4 is 10.5 Å². The SMILES string of the molecule is N#Cc1cc(Oc2ccc3ccccc3c2Br)ccc1N. The summed E-state index contributed by atoms with van der Waals surface area (Å²) >= 11 is 3.57. The zero-order valence-electron chi connectivity index (χ0n) is 11.0. The highest BCUT2D eigenvalue weighted by Crippen LogP contribution is 2.36. The molecule has 3 aromatic rings. The normalized spacial score (nSPS) is 10.3. The maximum absolute atomic E-state index is 9.01. The van der Waals surface area contributed by atoms with Gasteiger partial charge in [-0.05, 0) is 44.9 Å². The van der Waals surface area contributed by atoms with Crippen LogP contribution in [0.1, 0.15) is 5.56 Å². The number of ether oxygens (including phenoxy) is 1. The largest absolute Gasteiger partial charge is 0.456 e. The number of nitrogens with zero attached hydrogens (tertiary/aromatic N) is 1. The van der Waals surface area contributed by atoms with Crippen LogP contribution in [0, 0.1) is 11.3 Å². The van der Waals surface area contributed by atoms with Crippen LogP contribution in [0.15, 0.2) is 59.1 Å². The average molecular weight is 339 g/mol. The molecule has 0 aliphatic carbocycles. The highest BCUT2D eigenvalue weighted by atomic mass is 79.9. The highest BCUT2D eigenvalue weighted by molar-refractivity contribution is 9.10. The van der Waals surface area contributed by atoms with E-state index in [1.165, 1.54) is 0 Å². The van der Waals surface area contributed by atoms with Gasteiger partial charge < -0.3 is 10.5 Å². The van der Waals surface area contributed by atoms with Crippen molar-refractivity contribution in [1.29, 1.82) is 5.26 Å². The number of fused-ring (bicyclic) bond motifs is 1. The van der Waals surface area contributed by atoms with Gasteiger partial charge in [-0.25, -0.2) is 0 Å². The molecule has 3 rings (SSSR count). The van der Waals surface area contributed by atoms with Crippen molar-refractivity contribution >= 4 is 32.4 Å². The van der Waals surface area contributed by atoms with Gasteiger partial charge in [-0.3, -0.25) is 0 Å². The minimum absolute atomic E-state index is 0.407. The first-order chi connectivity index (χ1) is 10.2. The lowest BCUT2D eigenvalue weighted by molar-refractivity contribution is 0.480. The Kier molecular flexibility index (Phi) is 3.51. The van der Waals surface area contributed by atoms with Gasteiger partial charge in [0.2, 0.25) is 0 Å². The van der Waals surface area contributed by atoms with Gasteiger partial charge in [-0.15, -0.1) is 0 Å². The van der Waals surface area contributed by atoms with E-state index < -0.39 is 0 Å². The van der Waals surface area contributed by atoms with E-state index in [-0.39, 0.29) is 0 Å². The molecule has 0 amide bonds. The standard InChI is InChI=1S/C17H11BrN2O/c18-17-14-4-2-1-3-11(14)5-8-16(17)21-13-6-7-15(20)12(9-13)10-19/h1-9H,20H2. The van der Waals surface area contributed by atoms with E-state index in [1.807, 2.05) is 42.5 Å². The smallest absolute Gasteiger partial charge is 0.142 e. The summed E-state index contributed by atoms with van der Waals surface area (Å²) in [4.78, 5) is 0. The van der Waals surface area contributed by atoms with Crippen molar-refractivity contribution in [3.05, 3.63) is 64.6 Å². The van der Waals surface area contributed by atoms with Gasteiger partial charge in [0.1, 0.15) is 17.6 Å². The Morgan fingerprint density at radius 3 is 2.67 bits per heavy atom.